The van der Waals surface area contributed by atoms with Gasteiger partial charge in [0.2, 0.25) is 0 Å². The molecule has 0 bridgehead atoms. The van der Waals surface area contributed by atoms with Crippen LogP contribution in [-0.2, 0) is 13.0 Å². The molecule has 116 valence electrons. The van der Waals surface area contributed by atoms with Gasteiger partial charge in [0.15, 0.2) is 11.4 Å². The van der Waals surface area contributed by atoms with Crippen molar-refractivity contribution in [3.05, 3.63) is 56.6 Å². The second-order valence-electron chi connectivity index (χ2n) is 4.94. The number of aryl methyl sites for hydroxylation is 1. The predicted octanol–water partition coefficient (Wildman–Crippen LogP) is 3.65. The van der Waals surface area contributed by atoms with Gasteiger partial charge >= 0.3 is 0 Å². The molecular weight excluding hydrogens is 306 g/mol. The molecule has 2 rings (SSSR count). The summed E-state index contributed by atoms with van der Waals surface area (Å²) in [7, 11) is 0. The van der Waals surface area contributed by atoms with E-state index < -0.39 is 4.92 Å². The van der Waals surface area contributed by atoms with Gasteiger partial charge in [0.05, 0.1) is 4.92 Å². The van der Waals surface area contributed by atoms with Crippen LogP contribution >= 0.6 is 11.6 Å². The molecule has 2 aromatic rings. The summed E-state index contributed by atoms with van der Waals surface area (Å²) in [6, 6.07) is 6.23. The summed E-state index contributed by atoms with van der Waals surface area (Å²) in [4.78, 5) is 25.7. The number of nitro benzene ring substituents is 1. The van der Waals surface area contributed by atoms with E-state index in [1.165, 1.54) is 12.1 Å². The standard InChI is InChI=1S/C15H16ClN3O3/c1-2-3-4-14-17-15(16)13(10-20)18(14)9-11-5-7-12(8-6-11)19(21)22/h5-8,10H,2-4,9H2,1H3. The smallest absolute Gasteiger partial charge is 0.269 e. The Kier molecular flexibility index (Phi) is 5.27. The minimum Gasteiger partial charge on any atom is -0.320 e. The predicted molar refractivity (Wildman–Crippen MR) is 83.4 cm³/mol. The molecule has 0 aliphatic heterocycles. The van der Waals surface area contributed by atoms with Crippen molar-refractivity contribution in [1.82, 2.24) is 9.55 Å². The van der Waals surface area contributed by atoms with E-state index in [9.17, 15) is 14.9 Å². The van der Waals surface area contributed by atoms with E-state index in [0.717, 1.165) is 30.7 Å². The Morgan fingerprint density at radius 3 is 2.59 bits per heavy atom. The molecule has 1 aromatic carbocycles. The summed E-state index contributed by atoms with van der Waals surface area (Å²) in [5, 5.41) is 10.9. The molecule has 0 saturated heterocycles. The second-order valence-corrected chi connectivity index (χ2v) is 5.29. The number of nitro groups is 1. The first-order chi connectivity index (χ1) is 10.6. The average molecular weight is 322 g/mol. The molecule has 6 nitrogen and oxygen atoms in total. The zero-order chi connectivity index (χ0) is 16.1. The number of aldehydes is 1. The third-order valence-electron chi connectivity index (χ3n) is 3.39. The van der Waals surface area contributed by atoms with Crippen LogP contribution in [0.1, 0.15) is 41.6 Å². The number of unbranched alkanes of at least 4 members (excludes halogenated alkanes) is 1. The van der Waals surface area contributed by atoms with E-state index in [0.29, 0.717) is 18.5 Å². The van der Waals surface area contributed by atoms with Gasteiger partial charge < -0.3 is 4.57 Å². The van der Waals surface area contributed by atoms with Crippen LogP contribution in [0.5, 0.6) is 0 Å². The molecule has 1 heterocycles. The monoisotopic (exact) mass is 321 g/mol. The zero-order valence-electron chi connectivity index (χ0n) is 12.2. The van der Waals surface area contributed by atoms with Crippen LogP contribution < -0.4 is 0 Å². The lowest BCUT2D eigenvalue weighted by atomic mass is 10.2. The highest BCUT2D eigenvalue weighted by Gasteiger charge is 2.15. The Labute approximate surface area is 132 Å². The molecule has 7 heteroatoms. The van der Waals surface area contributed by atoms with Crippen molar-refractivity contribution in [2.24, 2.45) is 0 Å². The highest BCUT2D eigenvalue weighted by Crippen LogP contribution is 2.20. The van der Waals surface area contributed by atoms with Crippen LogP contribution in [0.3, 0.4) is 0 Å². The summed E-state index contributed by atoms with van der Waals surface area (Å²) >= 11 is 6.01. The van der Waals surface area contributed by atoms with Crippen molar-refractivity contribution in [1.29, 1.82) is 0 Å². The van der Waals surface area contributed by atoms with Crippen molar-refractivity contribution in [3.8, 4) is 0 Å². The molecule has 0 amide bonds. The van der Waals surface area contributed by atoms with Gasteiger partial charge in [0.1, 0.15) is 11.5 Å². The Bertz CT molecular complexity index is 680. The number of halogens is 1. The van der Waals surface area contributed by atoms with E-state index in [1.807, 2.05) is 0 Å². The fourth-order valence-corrected chi connectivity index (χ4v) is 2.45. The van der Waals surface area contributed by atoms with E-state index in [1.54, 1.807) is 16.7 Å². The number of rotatable bonds is 7. The molecule has 0 aliphatic carbocycles. The molecular formula is C15H16ClN3O3. The number of carbonyl (C=O) groups excluding carboxylic acids is 1. The third-order valence-corrected chi connectivity index (χ3v) is 3.67. The SMILES string of the molecule is CCCCc1nc(Cl)c(C=O)n1Cc1ccc([N+](=O)[O-])cc1. The summed E-state index contributed by atoms with van der Waals surface area (Å²) in [6.07, 6.45) is 3.39. The normalized spacial score (nSPS) is 10.6. The van der Waals surface area contributed by atoms with Gasteiger partial charge in [-0.05, 0) is 12.0 Å². The van der Waals surface area contributed by atoms with Crippen LogP contribution in [0.15, 0.2) is 24.3 Å². The molecule has 0 fully saturated rings. The highest BCUT2D eigenvalue weighted by atomic mass is 35.5. The maximum absolute atomic E-state index is 11.2. The Balaban J connectivity index is 2.30. The van der Waals surface area contributed by atoms with Gasteiger partial charge in [-0.3, -0.25) is 14.9 Å². The van der Waals surface area contributed by atoms with Crippen molar-refractivity contribution >= 4 is 23.6 Å². The van der Waals surface area contributed by atoms with Crippen LogP contribution in [0.2, 0.25) is 5.15 Å². The van der Waals surface area contributed by atoms with Crippen LogP contribution in [-0.4, -0.2) is 20.8 Å². The topological polar surface area (TPSA) is 78.0 Å². The highest BCUT2D eigenvalue weighted by molar-refractivity contribution is 6.31. The van der Waals surface area contributed by atoms with Gasteiger partial charge in [-0.1, -0.05) is 37.1 Å². The van der Waals surface area contributed by atoms with Crippen LogP contribution in [0.4, 0.5) is 5.69 Å². The summed E-state index contributed by atoms with van der Waals surface area (Å²) < 4.78 is 1.77. The van der Waals surface area contributed by atoms with E-state index in [4.69, 9.17) is 11.6 Å². The first-order valence-corrected chi connectivity index (χ1v) is 7.38. The fourth-order valence-electron chi connectivity index (χ4n) is 2.20. The number of benzene rings is 1. The third kappa shape index (κ3) is 3.51. The lowest BCUT2D eigenvalue weighted by Gasteiger charge is -2.09. The first-order valence-electron chi connectivity index (χ1n) is 7.00. The minimum absolute atomic E-state index is 0.0363. The molecule has 22 heavy (non-hydrogen) atoms. The summed E-state index contributed by atoms with van der Waals surface area (Å²) in [5.41, 5.74) is 1.22. The van der Waals surface area contributed by atoms with E-state index in [-0.39, 0.29) is 10.8 Å². The number of aromatic nitrogens is 2. The van der Waals surface area contributed by atoms with E-state index >= 15 is 0 Å². The number of hydrogen-bond acceptors (Lipinski definition) is 4. The number of non-ortho nitro benzene ring substituents is 1. The van der Waals surface area contributed by atoms with Gasteiger partial charge in [-0.15, -0.1) is 0 Å². The molecule has 0 radical (unpaired) electrons. The fraction of sp³-hybridized carbons (Fsp3) is 0.333. The number of hydrogen-bond donors (Lipinski definition) is 0. The largest absolute Gasteiger partial charge is 0.320 e. The molecule has 0 aliphatic rings. The zero-order valence-corrected chi connectivity index (χ0v) is 12.9. The molecule has 0 unspecified atom stereocenters. The lowest BCUT2D eigenvalue weighted by Crippen LogP contribution is -2.08. The van der Waals surface area contributed by atoms with Gasteiger partial charge in [0, 0.05) is 25.1 Å². The lowest BCUT2D eigenvalue weighted by molar-refractivity contribution is -0.384. The van der Waals surface area contributed by atoms with Gasteiger partial charge in [-0.25, -0.2) is 4.98 Å². The second kappa shape index (κ2) is 7.17. The van der Waals surface area contributed by atoms with E-state index in [2.05, 4.69) is 11.9 Å². The van der Waals surface area contributed by atoms with Crippen molar-refractivity contribution in [2.45, 2.75) is 32.7 Å². The number of imidazole rings is 1. The summed E-state index contributed by atoms with van der Waals surface area (Å²) in [5.74, 6) is 0.757. The number of nitrogens with zero attached hydrogens (tertiary/aromatic N) is 3. The molecule has 1 aromatic heterocycles. The Morgan fingerprint density at radius 1 is 1.36 bits per heavy atom. The first kappa shape index (κ1) is 16.2. The maximum Gasteiger partial charge on any atom is 0.269 e. The minimum atomic E-state index is -0.443. The Hall–Kier alpha value is -2.21. The molecule has 0 saturated carbocycles. The quantitative estimate of drug-likeness (QED) is 0.443. The molecule has 0 atom stereocenters. The van der Waals surface area contributed by atoms with Crippen molar-refractivity contribution < 1.29 is 9.72 Å². The molecule has 0 spiro atoms. The van der Waals surface area contributed by atoms with Crippen molar-refractivity contribution in [2.75, 3.05) is 0 Å². The maximum atomic E-state index is 11.2. The van der Waals surface area contributed by atoms with Crippen LogP contribution in [0, 0.1) is 10.1 Å². The van der Waals surface area contributed by atoms with Crippen molar-refractivity contribution in [3.63, 3.8) is 0 Å². The van der Waals surface area contributed by atoms with Crippen LogP contribution in [0.25, 0.3) is 0 Å². The summed E-state index contributed by atoms with van der Waals surface area (Å²) in [6.45, 7) is 2.48. The Morgan fingerprint density at radius 2 is 2.05 bits per heavy atom. The molecule has 0 N–H and O–H groups in total. The number of carbonyl (C=O) groups is 1. The van der Waals surface area contributed by atoms with Gasteiger partial charge in [-0.2, -0.15) is 0 Å². The average Bonchev–Trinajstić information content (AvgIpc) is 2.80. The van der Waals surface area contributed by atoms with Gasteiger partial charge in [0.25, 0.3) is 5.69 Å².